The third kappa shape index (κ3) is 5.22. The minimum absolute atomic E-state index is 0.0188. The van der Waals surface area contributed by atoms with E-state index in [0.29, 0.717) is 26.1 Å². The molecule has 2 heterocycles. The Morgan fingerprint density at radius 3 is 2.28 bits per heavy atom. The van der Waals surface area contributed by atoms with Crippen molar-refractivity contribution in [3.63, 3.8) is 0 Å². The largest absolute Gasteiger partial charge is 0.457 e. The molecule has 3 N–H and O–H groups in total. The number of amides is 2. The molecule has 1 fully saturated rings. The van der Waals surface area contributed by atoms with Crippen molar-refractivity contribution in [2.45, 2.75) is 44.8 Å². The van der Waals surface area contributed by atoms with Gasteiger partial charge in [-0.25, -0.2) is 4.79 Å². The summed E-state index contributed by atoms with van der Waals surface area (Å²) in [4.78, 5) is 25.1. The van der Waals surface area contributed by atoms with Crippen LogP contribution in [-0.2, 0) is 9.53 Å². The Kier molecular flexibility index (Phi) is 6.37. The first-order valence-electron chi connectivity index (χ1n) is 11.1. The lowest BCUT2D eigenvalue weighted by atomic mass is 9.87. The van der Waals surface area contributed by atoms with E-state index in [0.717, 1.165) is 22.6 Å². The van der Waals surface area contributed by atoms with Gasteiger partial charge < -0.3 is 25.4 Å². The van der Waals surface area contributed by atoms with Crippen molar-refractivity contribution in [2.75, 3.05) is 19.6 Å². The maximum atomic E-state index is 13.0. The van der Waals surface area contributed by atoms with Gasteiger partial charge in [0.25, 0.3) is 0 Å². The molecule has 0 aromatic heterocycles. The van der Waals surface area contributed by atoms with Gasteiger partial charge in [-0.1, -0.05) is 36.4 Å². The molecule has 0 spiro atoms. The van der Waals surface area contributed by atoms with Gasteiger partial charge in [0.05, 0.1) is 5.92 Å². The van der Waals surface area contributed by atoms with Crippen molar-refractivity contribution in [1.82, 2.24) is 16.0 Å². The van der Waals surface area contributed by atoms with Gasteiger partial charge in [-0.3, -0.25) is 4.79 Å². The van der Waals surface area contributed by atoms with Gasteiger partial charge in [-0.05, 0) is 39.3 Å². The predicted molar refractivity (Wildman–Crippen MR) is 122 cm³/mol. The summed E-state index contributed by atoms with van der Waals surface area (Å²) in [5.74, 6) is 1.42. The summed E-state index contributed by atoms with van der Waals surface area (Å²) in [7, 11) is 0. The lowest BCUT2D eigenvalue weighted by Crippen LogP contribution is -2.53. The van der Waals surface area contributed by atoms with Crippen LogP contribution in [0.3, 0.4) is 0 Å². The molecule has 2 aromatic rings. The molecule has 7 heteroatoms. The summed E-state index contributed by atoms with van der Waals surface area (Å²) in [5.41, 5.74) is 1.58. The number of nitrogens with one attached hydrogen (secondary N) is 3. The first-order chi connectivity index (χ1) is 15.3. The topological polar surface area (TPSA) is 88.7 Å². The molecule has 0 saturated carbocycles. The highest BCUT2D eigenvalue weighted by atomic mass is 16.6. The zero-order chi connectivity index (χ0) is 22.7. The summed E-state index contributed by atoms with van der Waals surface area (Å²) in [6.07, 6.45) is 0.111. The van der Waals surface area contributed by atoms with Crippen LogP contribution in [0.15, 0.2) is 48.5 Å². The Balaban J connectivity index is 1.38. The van der Waals surface area contributed by atoms with E-state index in [4.69, 9.17) is 9.47 Å². The fourth-order valence-corrected chi connectivity index (χ4v) is 4.30. The Labute approximate surface area is 188 Å². The molecule has 2 aliphatic heterocycles. The van der Waals surface area contributed by atoms with Crippen molar-refractivity contribution in [3.8, 4) is 11.5 Å². The molecule has 2 unspecified atom stereocenters. The average Bonchev–Trinajstić information content (AvgIpc) is 2.75. The number of carbonyl (C=O) groups is 2. The minimum Gasteiger partial charge on any atom is -0.457 e. The number of benzene rings is 2. The first-order valence-corrected chi connectivity index (χ1v) is 11.1. The molecule has 2 amide bonds. The van der Waals surface area contributed by atoms with Crippen LogP contribution in [0.25, 0.3) is 0 Å². The van der Waals surface area contributed by atoms with Gasteiger partial charge in [0, 0.05) is 42.7 Å². The van der Waals surface area contributed by atoms with Crippen molar-refractivity contribution >= 4 is 12.0 Å². The van der Waals surface area contributed by atoms with E-state index in [9.17, 15) is 9.59 Å². The molecule has 2 aliphatic rings. The number of fused-ring (bicyclic) bond motifs is 2. The quantitative estimate of drug-likeness (QED) is 0.681. The van der Waals surface area contributed by atoms with Crippen LogP contribution in [0.1, 0.15) is 44.2 Å². The molecular formula is C25H31N3O4. The zero-order valence-electron chi connectivity index (χ0n) is 18.8. The van der Waals surface area contributed by atoms with E-state index >= 15 is 0 Å². The number of rotatable bonds is 4. The van der Waals surface area contributed by atoms with Crippen LogP contribution in [0.4, 0.5) is 4.79 Å². The highest BCUT2D eigenvalue weighted by molar-refractivity contribution is 5.79. The summed E-state index contributed by atoms with van der Waals surface area (Å²) >= 11 is 0. The van der Waals surface area contributed by atoms with E-state index in [1.54, 1.807) is 0 Å². The van der Waals surface area contributed by atoms with Gasteiger partial charge >= 0.3 is 6.09 Å². The second kappa shape index (κ2) is 9.20. The van der Waals surface area contributed by atoms with Crippen molar-refractivity contribution < 1.29 is 19.1 Å². The maximum absolute atomic E-state index is 13.0. The lowest BCUT2D eigenvalue weighted by molar-refractivity contribution is -0.125. The molecule has 32 heavy (non-hydrogen) atoms. The lowest BCUT2D eigenvalue weighted by Gasteiger charge is -2.32. The SMILES string of the molecule is CC(C)(C)OC(=O)NC1CNCC(C(=O)NCC2c3ccccc3Oc3ccccc32)C1. The van der Waals surface area contributed by atoms with Crippen molar-refractivity contribution in [3.05, 3.63) is 59.7 Å². The number of piperidine rings is 1. The van der Waals surface area contributed by atoms with Crippen LogP contribution in [-0.4, -0.2) is 43.3 Å². The van der Waals surface area contributed by atoms with E-state index < -0.39 is 11.7 Å². The number of alkyl carbamates (subject to hydrolysis) is 1. The molecule has 7 nitrogen and oxygen atoms in total. The molecule has 1 saturated heterocycles. The van der Waals surface area contributed by atoms with Crippen LogP contribution in [0, 0.1) is 5.92 Å². The summed E-state index contributed by atoms with van der Waals surface area (Å²) in [6.45, 7) is 7.16. The molecular weight excluding hydrogens is 406 g/mol. The number of hydrogen-bond acceptors (Lipinski definition) is 5. The highest BCUT2D eigenvalue weighted by Gasteiger charge is 2.31. The smallest absolute Gasteiger partial charge is 0.407 e. The molecule has 0 bridgehead atoms. The second-order valence-corrected chi connectivity index (χ2v) is 9.41. The summed E-state index contributed by atoms with van der Waals surface area (Å²) in [6, 6.07) is 15.7. The Hall–Kier alpha value is -3.06. The van der Waals surface area contributed by atoms with Gasteiger partial charge in [0.1, 0.15) is 17.1 Å². The Morgan fingerprint density at radius 2 is 1.66 bits per heavy atom. The molecule has 0 radical (unpaired) electrons. The van der Waals surface area contributed by atoms with E-state index in [2.05, 4.69) is 16.0 Å². The van der Waals surface area contributed by atoms with Gasteiger partial charge in [-0.2, -0.15) is 0 Å². The van der Waals surface area contributed by atoms with Crippen LogP contribution >= 0.6 is 0 Å². The van der Waals surface area contributed by atoms with Crippen LogP contribution in [0.2, 0.25) is 0 Å². The third-order valence-electron chi connectivity index (χ3n) is 5.73. The number of carbonyl (C=O) groups excluding carboxylic acids is 2. The standard InChI is InChI=1S/C25H31N3O4/c1-25(2,3)32-24(30)28-17-12-16(13-26-14-17)23(29)27-15-20-18-8-4-6-10-21(18)31-22-11-7-5-9-19(20)22/h4-11,16-17,20,26H,12-15H2,1-3H3,(H,27,29)(H,28,30). The fraction of sp³-hybridized carbons (Fsp3) is 0.440. The van der Waals surface area contributed by atoms with Crippen LogP contribution < -0.4 is 20.7 Å². The van der Waals surface area contributed by atoms with Gasteiger partial charge in [0.15, 0.2) is 0 Å². The number of hydrogen-bond donors (Lipinski definition) is 3. The Morgan fingerprint density at radius 1 is 1.03 bits per heavy atom. The molecule has 0 aliphatic carbocycles. The zero-order valence-corrected chi connectivity index (χ0v) is 18.8. The molecule has 2 aromatic carbocycles. The highest BCUT2D eigenvalue weighted by Crippen LogP contribution is 2.43. The second-order valence-electron chi connectivity index (χ2n) is 9.41. The number of para-hydroxylation sites is 2. The normalized spacial score (nSPS) is 20.3. The predicted octanol–water partition coefficient (Wildman–Crippen LogP) is 3.54. The van der Waals surface area contributed by atoms with E-state index in [1.807, 2.05) is 69.3 Å². The number of ether oxygens (including phenoxy) is 2. The molecule has 2 atom stereocenters. The fourth-order valence-electron chi connectivity index (χ4n) is 4.30. The average molecular weight is 438 g/mol. The molecule has 4 rings (SSSR count). The van der Waals surface area contributed by atoms with Gasteiger partial charge in [-0.15, -0.1) is 0 Å². The third-order valence-corrected chi connectivity index (χ3v) is 5.73. The molecule has 170 valence electrons. The van der Waals surface area contributed by atoms with Crippen molar-refractivity contribution in [2.24, 2.45) is 5.92 Å². The minimum atomic E-state index is -0.556. The Bertz CT molecular complexity index is 940. The van der Waals surface area contributed by atoms with Crippen LogP contribution in [0.5, 0.6) is 11.5 Å². The summed E-state index contributed by atoms with van der Waals surface area (Å²) in [5, 5.41) is 9.26. The summed E-state index contributed by atoms with van der Waals surface area (Å²) < 4.78 is 11.4. The first kappa shape index (κ1) is 22.1. The monoisotopic (exact) mass is 437 g/mol. The van der Waals surface area contributed by atoms with E-state index in [1.165, 1.54) is 0 Å². The maximum Gasteiger partial charge on any atom is 0.407 e. The van der Waals surface area contributed by atoms with Crippen molar-refractivity contribution in [1.29, 1.82) is 0 Å². The van der Waals surface area contributed by atoms with Gasteiger partial charge in [0.2, 0.25) is 5.91 Å². The van der Waals surface area contributed by atoms with E-state index in [-0.39, 0.29) is 23.8 Å².